The molecule has 17 heavy (non-hydrogen) atoms. The zero-order valence-electron chi connectivity index (χ0n) is 10.4. The smallest absolute Gasteiger partial charge is 0.139 e. The molecule has 0 aliphatic heterocycles. The van der Waals surface area contributed by atoms with E-state index in [9.17, 15) is 5.11 Å². The number of hydrogen-bond donors (Lipinski definition) is 1. The van der Waals surface area contributed by atoms with Crippen molar-refractivity contribution in [3.63, 3.8) is 0 Å². The SMILES string of the molecule is Cc1cccn2cc(CSC(C)C(C)O)nc12. The van der Waals surface area contributed by atoms with Crippen LogP contribution in [0.15, 0.2) is 24.5 Å². The molecule has 3 nitrogen and oxygen atoms in total. The van der Waals surface area contributed by atoms with E-state index in [1.807, 2.05) is 26.1 Å². The molecular weight excluding hydrogens is 232 g/mol. The molecule has 0 saturated heterocycles. The van der Waals surface area contributed by atoms with Gasteiger partial charge in [-0.15, -0.1) is 11.8 Å². The summed E-state index contributed by atoms with van der Waals surface area (Å²) in [7, 11) is 0. The van der Waals surface area contributed by atoms with Crippen molar-refractivity contribution in [1.82, 2.24) is 9.38 Å². The predicted octanol–water partition coefficient (Wildman–Crippen LogP) is 2.65. The van der Waals surface area contributed by atoms with Gasteiger partial charge < -0.3 is 9.51 Å². The summed E-state index contributed by atoms with van der Waals surface area (Å²) in [6, 6.07) is 4.09. The van der Waals surface area contributed by atoms with Gasteiger partial charge in [-0.25, -0.2) is 4.98 Å². The molecule has 0 aromatic carbocycles. The number of hydrogen-bond acceptors (Lipinski definition) is 3. The van der Waals surface area contributed by atoms with Crippen molar-refractivity contribution >= 4 is 17.4 Å². The van der Waals surface area contributed by atoms with Gasteiger partial charge in [0.15, 0.2) is 0 Å². The average molecular weight is 250 g/mol. The topological polar surface area (TPSA) is 37.5 Å². The third-order valence-electron chi connectivity index (χ3n) is 2.90. The number of pyridine rings is 1. The van der Waals surface area contributed by atoms with Crippen LogP contribution in [0.25, 0.3) is 5.65 Å². The molecular formula is C13H18N2OS. The van der Waals surface area contributed by atoms with Crippen LogP contribution in [0, 0.1) is 6.92 Å². The third kappa shape index (κ3) is 2.82. The number of aryl methyl sites for hydroxylation is 1. The van der Waals surface area contributed by atoms with Gasteiger partial charge in [-0.1, -0.05) is 13.0 Å². The van der Waals surface area contributed by atoms with Crippen molar-refractivity contribution in [3.8, 4) is 0 Å². The standard InChI is InChI=1S/C13H18N2OS/c1-9-5-4-6-15-7-12(14-13(9)15)8-17-11(3)10(2)16/h4-7,10-11,16H,8H2,1-3H3. The summed E-state index contributed by atoms with van der Waals surface area (Å²) in [6.45, 7) is 5.93. The molecule has 0 aliphatic rings. The van der Waals surface area contributed by atoms with E-state index in [4.69, 9.17) is 0 Å². The first-order valence-electron chi connectivity index (χ1n) is 5.81. The van der Waals surface area contributed by atoms with Crippen LogP contribution in [0.4, 0.5) is 0 Å². The Morgan fingerprint density at radius 1 is 1.47 bits per heavy atom. The number of thioether (sulfide) groups is 1. The molecule has 0 spiro atoms. The van der Waals surface area contributed by atoms with Gasteiger partial charge in [0, 0.05) is 23.4 Å². The summed E-state index contributed by atoms with van der Waals surface area (Å²) in [4.78, 5) is 4.60. The van der Waals surface area contributed by atoms with Crippen molar-refractivity contribution in [2.45, 2.75) is 37.9 Å². The van der Waals surface area contributed by atoms with Gasteiger partial charge in [0.1, 0.15) is 5.65 Å². The monoisotopic (exact) mass is 250 g/mol. The Bertz CT molecular complexity index is 507. The van der Waals surface area contributed by atoms with Crippen molar-refractivity contribution in [2.24, 2.45) is 0 Å². The van der Waals surface area contributed by atoms with Crippen LogP contribution in [-0.4, -0.2) is 25.8 Å². The molecule has 2 atom stereocenters. The Morgan fingerprint density at radius 3 is 2.88 bits per heavy atom. The van der Waals surface area contributed by atoms with Crippen LogP contribution in [0.5, 0.6) is 0 Å². The minimum Gasteiger partial charge on any atom is -0.392 e. The fourth-order valence-corrected chi connectivity index (χ4v) is 2.48. The number of aromatic nitrogens is 2. The maximum absolute atomic E-state index is 9.44. The first-order chi connectivity index (χ1) is 8.08. The van der Waals surface area contributed by atoms with Gasteiger partial charge in [0.2, 0.25) is 0 Å². The fraction of sp³-hybridized carbons (Fsp3) is 0.462. The minimum absolute atomic E-state index is 0.237. The van der Waals surface area contributed by atoms with E-state index in [1.165, 1.54) is 5.56 Å². The molecule has 4 heteroatoms. The first kappa shape index (κ1) is 12.5. The lowest BCUT2D eigenvalue weighted by atomic mass is 10.3. The second kappa shape index (κ2) is 5.10. The molecule has 92 valence electrons. The van der Waals surface area contributed by atoms with Gasteiger partial charge in [-0.2, -0.15) is 0 Å². The van der Waals surface area contributed by atoms with Crippen molar-refractivity contribution < 1.29 is 5.11 Å². The number of nitrogens with zero attached hydrogens (tertiary/aromatic N) is 2. The Morgan fingerprint density at radius 2 is 2.24 bits per heavy atom. The van der Waals surface area contributed by atoms with Crippen LogP contribution in [-0.2, 0) is 5.75 Å². The van der Waals surface area contributed by atoms with Gasteiger partial charge in [-0.05, 0) is 25.5 Å². The summed E-state index contributed by atoms with van der Waals surface area (Å²) in [5.41, 5.74) is 3.27. The molecule has 0 bridgehead atoms. The van der Waals surface area contributed by atoms with E-state index in [0.717, 1.165) is 17.1 Å². The van der Waals surface area contributed by atoms with Crippen LogP contribution >= 0.6 is 11.8 Å². The second-order valence-electron chi connectivity index (χ2n) is 4.41. The molecule has 0 fully saturated rings. The van der Waals surface area contributed by atoms with E-state index >= 15 is 0 Å². The van der Waals surface area contributed by atoms with Crippen molar-refractivity contribution in [2.75, 3.05) is 0 Å². The summed E-state index contributed by atoms with van der Waals surface area (Å²) in [5, 5.41) is 9.67. The highest BCUT2D eigenvalue weighted by molar-refractivity contribution is 7.99. The van der Waals surface area contributed by atoms with E-state index < -0.39 is 0 Å². The Balaban J connectivity index is 2.12. The number of fused-ring (bicyclic) bond motifs is 1. The number of aliphatic hydroxyl groups is 1. The Hall–Kier alpha value is -1.00. The number of aliphatic hydroxyl groups excluding tert-OH is 1. The zero-order chi connectivity index (χ0) is 12.4. The van der Waals surface area contributed by atoms with Crippen LogP contribution in [0.2, 0.25) is 0 Å². The van der Waals surface area contributed by atoms with E-state index in [1.54, 1.807) is 11.8 Å². The molecule has 1 N–H and O–H groups in total. The maximum Gasteiger partial charge on any atom is 0.139 e. The number of imidazole rings is 1. The lowest BCUT2D eigenvalue weighted by Crippen LogP contribution is -2.15. The highest BCUT2D eigenvalue weighted by atomic mass is 32.2. The van der Waals surface area contributed by atoms with E-state index in [-0.39, 0.29) is 11.4 Å². The summed E-state index contributed by atoms with van der Waals surface area (Å²) >= 11 is 1.73. The number of rotatable bonds is 4. The van der Waals surface area contributed by atoms with Crippen LogP contribution in [0.1, 0.15) is 25.1 Å². The van der Waals surface area contributed by atoms with Crippen molar-refractivity contribution in [3.05, 3.63) is 35.8 Å². The highest BCUT2D eigenvalue weighted by Gasteiger charge is 2.10. The predicted molar refractivity (Wildman–Crippen MR) is 72.4 cm³/mol. The first-order valence-corrected chi connectivity index (χ1v) is 6.85. The van der Waals surface area contributed by atoms with Crippen molar-refractivity contribution in [1.29, 1.82) is 0 Å². The van der Waals surface area contributed by atoms with E-state index in [0.29, 0.717) is 0 Å². The summed E-state index contributed by atoms with van der Waals surface area (Å²) in [5.74, 6) is 0.840. The molecule has 2 aromatic heterocycles. The lowest BCUT2D eigenvalue weighted by molar-refractivity contribution is 0.196. The molecule has 0 radical (unpaired) electrons. The quantitative estimate of drug-likeness (QED) is 0.906. The molecule has 0 saturated carbocycles. The minimum atomic E-state index is -0.279. The maximum atomic E-state index is 9.44. The lowest BCUT2D eigenvalue weighted by Gasteiger charge is -2.12. The van der Waals surface area contributed by atoms with Gasteiger partial charge in [0.05, 0.1) is 11.8 Å². The summed E-state index contributed by atoms with van der Waals surface area (Å²) < 4.78 is 2.05. The zero-order valence-corrected chi connectivity index (χ0v) is 11.2. The summed E-state index contributed by atoms with van der Waals surface area (Å²) in [6.07, 6.45) is 3.80. The largest absolute Gasteiger partial charge is 0.392 e. The van der Waals surface area contributed by atoms with Crippen LogP contribution < -0.4 is 0 Å². The van der Waals surface area contributed by atoms with Gasteiger partial charge in [0.25, 0.3) is 0 Å². The average Bonchev–Trinajstić information content (AvgIpc) is 2.70. The molecule has 0 aliphatic carbocycles. The molecule has 2 aromatic rings. The Labute approximate surface area is 106 Å². The molecule has 2 rings (SSSR count). The third-order valence-corrected chi connectivity index (χ3v) is 4.28. The second-order valence-corrected chi connectivity index (χ2v) is 5.78. The Kier molecular flexibility index (Phi) is 3.74. The normalized spacial score (nSPS) is 15.1. The van der Waals surface area contributed by atoms with Gasteiger partial charge in [-0.3, -0.25) is 0 Å². The van der Waals surface area contributed by atoms with E-state index in [2.05, 4.69) is 28.6 Å². The van der Waals surface area contributed by atoms with Crippen LogP contribution in [0.3, 0.4) is 0 Å². The fourth-order valence-electron chi connectivity index (χ4n) is 1.63. The molecule has 2 unspecified atom stereocenters. The molecule has 0 amide bonds. The highest BCUT2D eigenvalue weighted by Crippen LogP contribution is 2.20. The van der Waals surface area contributed by atoms with Gasteiger partial charge >= 0.3 is 0 Å². The molecule has 2 heterocycles.